The average Bonchev–Trinajstić information content (AvgIpc) is 3.16. The Balaban J connectivity index is 1.40. The molecule has 1 fully saturated rings. The Morgan fingerprint density at radius 1 is 1.00 bits per heavy atom. The minimum atomic E-state index is -4.24. The highest BCUT2D eigenvalue weighted by atomic mass is 32.2. The molecule has 1 aliphatic heterocycles. The first-order chi connectivity index (χ1) is 17.7. The third-order valence-corrected chi connectivity index (χ3v) is 8.48. The van der Waals surface area contributed by atoms with E-state index in [-0.39, 0.29) is 16.1 Å². The van der Waals surface area contributed by atoms with Crippen molar-refractivity contribution in [3.8, 4) is 0 Å². The first-order valence-electron chi connectivity index (χ1n) is 12.2. The summed E-state index contributed by atoms with van der Waals surface area (Å²) in [5, 5.41) is 4.97. The van der Waals surface area contributed by atoms with Crippen LogP contribution in [0.2, 0.25) is 0 Å². The molecular formula is C28H29N5O3S. The number of carbonyl (C=O) groups is 1. The van der Waals surface area contributed by atoms with Crippen LogP contribution in [0, 0.1) is 5.92 Å². The van der Waals surface area contributed by atoms with Crippen molar-refractivity contribution < 1.29 is 13.2 Å². The van der Waals surface area contributed by atoms with Crippen LogP contribution in [-0.2, 0) is 10.0 Å². The number of pyridine rings is 2. The lowest BCUT2D eigenvalue weighted by atomic mass is 9.90. The predicted molar refractivity (Wildman–Crippen MR) is 146 cm³/mol. The molecule has 1 amide bonds. The van der Waals surface area contributed by atoms with Crippen molar-refractivity contribution in [1.82, 2.24) is 14.7 Å². The Labute approximate surface area is 216 Å². The fourth-order valence-electron chi connectivity index (χ4n) is 4.73. The van der Waals surface area contributed by atoms with Gasteiger partial charge in [-0.1, -0.05) is 49.4 Å². The summed E-state index contributed by atoms with van der Waals surface area (Å²) in [5.74, 6) is 0.480. The fraction of sp³-hybridized carbons (Fsp3) is 0.250. The lowest BCUT2D eigenvalue weighted by Gasteiger charge is -2.36. The third-order valence-electron chi connectivity index (χ3n) is 7.25. The number of nitrogens with one attached hydrogen (secondary N) is 2. The van der Waals surface area contributed by atoms with Crippen LogP contribution in [0.4, 0.5) is 17.3 Å². The summed E-state index contributed by atoms with van der Waals surface area (Å²) >= 11 is 0. The van der Waals surface area contributed by atoms with Crippen LogP contribution in [0.1, 0.15) is 37.6 Å². The van der Waals surface area contributed by atoms with E-state index in [1.54, 1.807) is 30.5 Å². The summed E-state index contributed by atoms with van der Waals surface area (Å²) in [6.07, 6.45) is 2.58. The molecule has 9 heteroatoms. The Kier molecular flexibility index (Phi) is 6.33. The normalized spacial score (nSPS) is 17.1. The van der Waals surface area contributed by atoms with Gasteiger partial charge in [0.15, 0.2) is 5.03 Å². The molecule has 1 atom stereocenters. The van der Waals surface area contributed by atoms with Gasteiger partial charge in [-0.25, -0.2) is 14.7 Å². The van der Waals surface area contributed by atoms with Gasteiger partial charge in [-0.3, -0.25) is 4.79 Å². The number of hydrogen-bond donors (Lipinski definition) is 2. The van der Waals surface area contributed by atoms with E-state index >= 15 is 0 Å². The zero-order valence-electron chi connectivity index (χ0n) is 21.0. The topological polar surface area (TPSA) is 104 Å². The van der Waals surface area contributed by atoms with E-state index in [2.05, 4.69) is 45.7 Å². The van der Waals surface area contributed by atoms with Gasteiger partial charge < -0.3 is 10.2 Å². The molecule has 1 aliphatic rings. The van der Waals surface area contributed by atoms with Crippen molar-refractivity contribution in [1.29, 1.82) is 0 Å². The second-order valence-corrected chi connectivity index (χ2v) is 11.4. The summed E-state index contributed by atoms with van der Waals surface area (Å²) in [6.45, 7) is 7.12. The number of aromatic nitrogens is 2. The number of rotatable bonds is 6. The average molecular weight is 516 g/mol. The minimum Gasteiger partial charge on any atom is -0.351 e. The van der Waals surface area contributed by atoms with E-state index in [1.807, 2.05) is 42.5 Å². The largest absolute Gasteiger partial charge is 0.351 e. The maximum absolute atomic E-state index is 13.2. The summed E-state index contributed by atoms with van der Waals surface area (Å²) in [6, 6.07) is 21.5. The predicted octanol–water partition coefficient (Wildman–Crippen LogP) is 5.12. The molecule has 0 spiro atoms. The highest BCUT2D eigenvalue weighted by Gasteiger charge is 2.40. The van der Waals surface area contributed by atoms with Gasteiger partial charge in [0, 0.05) is 29.4 Å². The lowest BCUT2D eigenvalue weighted by molar-refractivity contribution is 0.0981. The Bertz CT molecular complexity index is 1580. The van der Waals surface area contributed by atoms with E-state index < -0.39 is 15.9 Å². The minimum absolute atomic E-state index is 0.207. The molecule has 2 aromatic heterocycles. The van der Waals surface area contributed by atoms with Crippen molar-refractivity contribution in [3.05, 3.63) is 84.6 Å². The van der Waals surface area contributed by atoms with Crippen LogP contribution in [0.15, 0.2) is 84.0 Å². The second kappa shape index (κ2) is 9.48. The van der Waals surface area contributed by atoms with Crippen molar-refractivity contribution in [3.63, 3.8) is 0 Å². The molecule has 0 saturated carbocycles. The number of amides is 1. The summed E-state index contributed by atoms with van der Waals surface area (Å²) in [7, 11) is -4.24. The Hall–Kier alpha value is -3.98. The molecule has 4 aromatic rings. The maximum Gasteiger partial charge on any atom is 0.281 e. The van der Waals surface area contributed by atoms with Crippen LogP contribution in [0.3, 0.4) is 0 Å². The molecule has 1 saturated heterocycles. The number of hydrogen-bond acceptors (Lipinski definition) is 7. The first-order valence-corrected chi connectivity index (χ1v) is 13.7. The van der Waals surface area contributed by atoms with Crippen LogP contribution in [0.5, 0.6) is 0 Å². The number of sulfonamides is 1. The van der Waals surface area contributed by atoms with Crippen LogP contribution < -0.4 is 14.9 Å². The van der Waals surface area contributed by atoms with Crippen molar-refractivity contribution >= 4 is 44.0 Å². The van der Waals surface area contributed by atoms with Crippen LogP contribution in [-0.4, -0.2) is 36.4 Å². The van der Waals surface area contributed by atoms with Gasteiger partial charge >= 0.3 is 0 Å². The lowest BCUT2D eigenvalue weighted by Crippen LogP contribution is -2.43. The molecule has 1 unspecified atom stereocenters. The number of benzene rings is 2. The number of anilines is 3. The van der Waals surface area contributed by atoms with E-state index in [0.717, 1.165) is 29.4 Å². The monoisotopic (exact) mass is 515 g/mol. The van der Waals surface area contributed by atoms with Gasteiger partial charge in [-0.15, -0.1) is 0 Å². The second-order valence-electron chi connectivity index (χ2n) is 9.82. The smallest absolute Gasteiger partial charge is 0.281 e. The highest BCUT2D eigenvalue weighted by Crippen LogP contribution is 2.38. The van der Waals surface area contributed by atoms with Gasteiger partial charge in [0.05, 0.1) is 5.56 Å². The van der Waals surface area contributed by atoms with E-state index in [1.165, 1.54) is 6.07 Å². The molecule has 0 aliphatic carbocycles. The zero-order valence-corrected chi connectivity index (χ0v) is 21.8. The Morgan fingerprint density at radius 2 is 1.76 bits per heavy atom. The van der Waals surface area contributed by atoms with Gasteiger partial charge in [0.1, 0.15) is 11.6 Å². The van der Waals surface area contributed by atoms with E-state index in [9.17, 15) is 13.2 Å². The van der Waals surface area contributed by atoms with Gasteiger partial charge in [-0.05, 0) is 61.9 Å². The summed E-state index contributed by atoms with van der Waals surface area (Å²) in [4.78, 5) is 24.0. The molecule has 2 aromatic carbocycles. The number of fused-ring (bicyclic) bond motifs is 1. The van der Waals surface area contributed by atoms with E-state index in [4.69, 9.17) is 0 Å². The highest BCUT2D eigenvalue weighted by molar-refractivity contribution is 7.90. The van der Waals surface area contributed by atoms with Gasteiger partial charge in [0.25, 0.3) is 15.9 Å². The molecular weight excluding hydrogens is 486 g/mol. The number of nitrogens with zero attached hydrogens (tertiary/aromatic N) is 3. The molecule has 3 heterocycles. The third kappa shape index (κ3) is 4.74. The van der Waals surface area contributed by atoms with Crippen molar-refractivity contribution in [2.75, 3.05) is 16.8 Å². The molecule has 0 radical (unpaired) electrons. The van der Waals surface area contributed by atoms with Gasteiger partial charge in [0.2, 0.25) is 0 Å². The maximum atomic E-state index is 13.2. The van der Waals surface area contributed by atoms with Crippen molar-refractivity contribution in [2.45, 2.75) is 37.8 Å². The summed E-state index contributed by atoms with van der Waals surface area (Å²) < 4.78 is 28.6. The fourth-order valence-corrected chi connectivity index (χ4v) is 5.67. The molecule has 0 bridgehead atoms. The van der Waals surface area contributed by atoms with Crippen LogP contribution >= 0.6 is 0 Å². The van der Waals surface area contributed by atoms with Gasteiger partial charge in [-0.2, -0.15) is 8.42 Å². The van der Waals surface area contributed by atoms with Crippen molar-refractivity contribution in [2.24, 2.45) is 5.92 Å². The standard InChI is InChI=1S/C28H29N5O3S/c1-19-16-18-33(28(19,2)3)26-22(12-8-17-29-26)27(34)32-37(35,36)25-15-7-14-24(31-25)30-23-13-6-10-20-9-4-5-11-21(20)23/h4-15,17,19H,16,18H2,1-3H3,(H,30,31)(H,32,34). The summed E-state index contributed by atoms with van der Waals surface area (Å²) in [5.41, 5.74) is 0.788. The number of carbonyl (C=O) groups excluding carboxylic acids is 1. The van der Waals surface area contributed by atoms with Crippen LogP contribution in [0.25, 0.3) is 10.8 Å². The molecule has 8 nitrogen and oxygen atoms in total. The van der Waals surface area contributed by atoms with E-state index in [0.29, 0.717) is 17.6 Å². The Morgan fingerprint density at radius 3 is 2.54 bits per heavy atom. The first kappa shape index (κ1) is 24.7. The zero-order chi connectivity index (χ0) is 26.2. The molecule has 37 heavy (non-hydrogen) atoms. The SMILES string of the molecule is CC1CCN(c2ncccc2C(=O)NS(=O)(=O)c2cccc(Nc3cccc4ccccc34)n2)C1(C)C. The molecule has 190 valence electrons. The molecule has 2 N–H and O–H groups in total. The quantitative estimate of drug-likeness (QED) is 0.367. The molecule has 5 rings (SSSR count).